The Morgan fingerprint density at radius 3 is 2.53 bits per heavy atom. The molecule has 5 heteroatoms. The van der Waals surface area contributed by atoms with Crippen LogP contribution in [0.3, 0.4) is 0 Å². The maximum Gasteiger partial charge on any atom is 0.446 e. The van der Waals surface area contributed by atoms with Gasteiger partial charge in [-0.1, -0.05) is 25.5 Å². The van der Waals surface area contributed by atoms with E-state index in [1.807, 2.05) is 6.92 Å². The summed E-state index contributed by atoms with van der Waals surface area (Å²) in [5, 5.41) is 3.11. The minimum absolute atomic E-state index is 0.0751. The molecule has 0 aliphatic rings. The number of benzene rings is 1. The summed E-state index contributed by atoms with van der Waals surface area (Å²) in [6, 6.07) is 6.69. The molecule has 0 bridgehead atoms. The summed E-state index contributed by atoms with van der Waals surface area (Å²) in [5.41, 5.74) is -3.69. The molecule has 0 heterocycles. The van der Waals surface area contributed by atoms with Crippen molar-refractivity contribution < 1.29 is 13.2 Å². The molecular formula is C12H16F3NS. The minimum atomic E-state index is -4.24. The number of hydrogen-bond acceptors (Lipinski definition) is 2. The van der Waals surface area contributed by atoms with Crippen LogP contribution in [0, 0.1) is 0 Å². The van der Waals surface area contributed by atoms with Gasteiger partial charge in [-0.3, -0.25) is 0 Å². The number of nitrogens with one attached hydrogen (secondary N) is 1. The number of rotatable bonds is 5. The molecule has 1 unspecified atom stereocenters. The van der Waals surface area contributed by atoms with Gasteiger partial charge >= 0.3 is 5.51 Å². The first-order chi connectivity index (χ1) is 7.92. The Bertz CT molecular complexity index is 352. The van der Waals surface area contributed by atoms with Crippen LogP contribution in [0.2, 0.25) is 0 Å². The highest BCUT2D eigenvalue weighted by Crippen LogP contribution is 2.40. The van der Waals surface area contributed by atoms with Gasteiger partial charge in [0.15, 0.2) is 0 Å². The molecule has 0 aromatic heterocycles. The second kappa shape index (κ2) is 6.19. The summed E-state index contributed by atoms with van der Waals surface area (Å²) in [4.78, 5) is 0.225. The van der Waals surface area contributed by atoms with E-state index in [0.717, 1.165) is 12.8 Å². The van der Waals surface area contributed by atoms with Crippen molar-refractivity contribution in [3.63, 3.8) is 0 Å². The quantitative estimate of drug-likeness (QED) is 0.758. The number of para-hydroxylation sites is 1. The highest BCUT2D eigenvalue weighted by atomic mass is 32.2. The van der Waals surface area contributed by atoms with E-state index in [9.17, 15) is 13.2 Å². The lowest BCUT2D eigenvalue weighted by Crippen LogP contribution is -2.15. The van der Waals surface area contributed by atoms with Crippen molar-refractivity contribution in [3.8, 4) is 0 Å². The van der Waals surface area contributed by atoms with Gasteiger partial charge in [0.2, 0.25) is 0 Å². The number of anilines is 1. The van der Waals surface area contributed by atoms with Crippen molar-refractivity contribution in [3.05, 3.63) is 24.3 Å². The summed E-state index contributed by atoms with van der Waals surface area (Å²) in [5.74, 6) is 0. The van der Waals surface area contributed by atoms with Crippen LogP contribution in [-0.4, -0.2) is 11.6 Å². The molecule has 0 spiro atoms. The summed E-state index contributed by atoms with van der Waals surface area (Å²) in [7, 11) is 0. The average Bonchev–Trinajstić information content (AvgIpc) is 2.19. The van der Waals surface area contributed by atoms with Gasteiger partial charge in [0.1, 0.15) is 0 Å². The Labute approximate surface area is 104 Å². The third kappa shape index (κ3) is 5.35. The van der Waals surface area contributed by atoms with Gasteiger partial charge in [-0.15, -0.1) is 0 Å². The van der Waals surface area contributed by atoms with Crippen molar-refractivity contribution in [2.24, 2.45) is 0 Å². The maximum atomic E-state index is 12.3. The fourth-order valence-corrected chi connectivity index (χ4v) is 2.20. The van der Waals surface area contributed by atoms with E-state index < -0.39 is 5.51 Å². The van der Waals surface area contributed by atoms with Crippen molar-refractivity contribution in [2.45, 2.75) is 43.1 Å². The van der Waals surface area contributed by atoms with Gasteiger partial charge < -0.3 is 5.32 Å². The smallest absolute Gasteiger partial charge is 0.382 e. The summed E-state index contributed by atoms with van der Waals surface area (Å²) in [6.07, 6.45) is 1.94. The van der Waals surface area contributed by atoms with Crippen LogP contribution in [0.4, 0.5) is 18.9 Å². The van der Waals surface area contributed by atoms with Crippen LogP contribution in [-0.2, 0) is 0 Å². The molecule has 0 radical (unpaired) electrons. The molecule has 1 N–H and O–H groups in total. The monoisotopic (exact) mass is 263 g/mol. The second-order valence-corrected chi connectivity index (χ2v) is 4.98. The fraction of sp³-hybridized carbons (Fsp3) is 0.500. The van der Waals surface area contributed by atoms with E-state index in [-0.39, 0.29) is 22.7 Å². The Morgan fingerprint density at radius 1 is 1.29 bits per heavy atom. The molecule has 0 fully saturated rings. The van der Waals surface area contributed by atoms with Crippen LogP contribution >= 0.6 is 11.8 Å². The first kappa shape index (κ1) is 14.2. The van der Waals surface area contributed by atoms with Crippen molar-refractivity contribution in [1.29, 1.82) is 0 Å². The zero-order chi connectivity index (χ0) is 12.9. The molecule has 0 saturated heterocycles. The first-order valence-corrected chi connectivity index (χ1v) is 6.35. The Balaban J connectivity index is 2.77. The standard InChI is InChI=1S/C12H16F3NS/c1-3-6-9(2)16-10-7-4-5-8-11(10)17-12(13,14)15/h4-5,7-9,16H,3,6H2,1-2H3. The van der Waals surface area contributed by atoms with Crippen molar-refractivity contribution >= 4 is 17.4 Å². The van der Waals surface area contributed by atoms with Gasteiger partial charge in [-0.05, 0) is 37.2 Å². The molecule has 1 nitrogen and oxygen atoms in total. The molecule has 1 aromatic rings. The second-order valence-electron chi connectivity index (χ2n) is 3.88. The normalized spacial score (nSPS) is 13.5. The van der Waals surface area contributed by atoms with E-state index in [1.165, 1.54) is 6.07 Å². The third-order valence-corrected chi connectivity index (χ3v) is 3.04. The Hall–Kier alpha value is -0.840. The molecule has 0 saturated carbocycles. The third-order valence-electron chi connectivity index (χ3n) is 2.24. The van der Waals surface area contributed by atoms with Gasteiger partial charge in [0.05, 0.1) is 0 Å². The highest BCUT2D eigenvalue weighted by molar-refractivity contribution is 8.00. The average molecular weight is 263 g/mol. The predicted octanol–water partition coefficient (Wildman–Crippen LogP) is 4.90. The number of thioether (sulfide) groups is 1. The largest absolute Gasteiger partial charge is 0.446 e. The van der Waals surface area contributed by atoms with E-state index in [4.69, 9.17) is 0 Å². The van der Waals surface area contributed by atoms with Gasteiger partial charge in [-0.25, -0.2) is 0 Å². The van der Waals surface area contributed by atoms with Gasteiger partial charge in [-0.2, -0.15) is 13.2 Å². The molecule has 17 heavy (non-hydrogen) atoms. The first-order valence-electron chi connectivity index (χ1n) is 5.53. The highest BCUT2D eigenvalue weighted by Gasteiger charge is 2.30. The van der Waals surface area contributed by atoms with E-state index >= 15 is 0 Å². The molecule has 0 aliphatic carbocycles. The summed E-state index contributed by atoms with van der Waals surface area (Å²) in [6.45, 7) is 4.02. The number of hydrogen-bond donors (Lipinski definition) is 1. The Morgan fingerprint density at radius 2 is 1.94 bits per heavy atom. The SMILES string of the molecule is CCCC(C)Nc1ccccc1SC(F)(F)F. The fourth-order valence-electron chi connectivity index (χ4n) is 1.57. The zero-order valence-corrected chi connectivity index (χ0v) is 10.7. The molecule has 1 rings (SSSR count). The van der Waals surface area contributed by atoms with Gasteiger partial charge in [0, 0.05) is 16.6 Å². The lowest BCUT2D eigenvalue weighted by atomic mass is 10.2. The molecule has 0 amide bonds. The molecule has 96 valence electrons. The minimum Gasteiger partial charge on any atom is -0.382 e. The molecule has 1 atom stereocenters. The zero-order valence-electron chi connectivity index (χ0n) is 9.84. The molecule has 1 aromatic carbocycles. The van der Waals surface area contributed by atoms with E-state index in [2.05, 4.69) is 12.2 Å². The van der Waals surface area contributed by atoms with Gasteiger partial charge in [0.25, 0.3) is 0 Å². The number of halogens is 3. The van der Waals surface area contributed by atoms with E-state index in [1.54, 1.807) is 18.2 Å². The Kier molecular flexibility index (Phi) is 5.18. The lowest BCUT2D eigenvalue weighted by Gasteiger charge is -2.17. The van der Waals surface area contributed by atoms with E-state index in [0.29, 0.717) is 5.69 Å². The number of alkyl halides is 3. The van der Waals surface area contributed by atoms with Crippen molar-refractivity contribution in [2.75, 3.05) is 5.32 Å². The predicted molar refractivity (Wildman–Crippen MR) is 66.3 cm³/mol. The topological polar surface area (TPSA) is 12.0 Å². The summed E-state index contributed by atoms with van der Waals surface area (Å²) >= 11 is -0.0751. The van der Waals surface area contributed by atoms with Crippen LogP contribution < -0.4 is 5.32 Å². The van der Waals surface area contributed by atoms with Crippen LogP contribution in [0.25, 0.3) is 0 Å². The molecular weight excluding hydrogens is 247 g/mol. The summed E-state index contributed by atoms with van der Waals surface area (Å²) < 4.78 is 37.0. The molecule has 0 aliphatic heterocycles. The van der Waals surface area contributed by atoms with Crippen molar-refractivity contribution in [1.82, 2.24) is 0 Å². The lowest BCUT2D eigenvalue weighted by molar-refractivity contribution is -0.0327. The maximum absolute atomic E-state index is 12.3. The van der Waals surface area contributed by atoms with Crippen LogP contribution in [0.1, 0.15) is 26.7 Å². The van der Waals surface area contributed by atoms with Crippen LogP contribution in [0.15, 0.2) is 29.2 Å². The van der Waals surface area contributed by atoms with Crippen LogP contribution in [0.5, 0.6) is 0 Å².